The lowest BCUT2D eigenvalue weighted by atomic mass is 10.3. The van der Waals surface area contributed by atoms with Crippen LogP contribution in [0.1, 0.15) is 5.01 Å². The summed E-state index contributed by atoms with van der Waals surface area (Å²) < 4.78 is 0. The highest BCUT2D eigenvalue weighted by Gasteiger charge is 2.04. The molecule has 0 spiro atoms. The molecule has 1 heterocycles. The Balaban J connectivity index is 1.91. The largest absolute Gasteiger partial charge is 0.374 e. The van der Waals surface area contributed by atoms with Crippen molar-refractivity contribution < 1.29 is 0 Å². The maximum Gasteiger partial charge on any atom is 0.203 e. The van der Waals surface area contributed by atoms with Gasteiger partial charge in [0.1, 0.15) is 5.01 Å². The van der Waals surface area contributed by atoms with E-state index >= 15 is 0 Å². The lowest BCUT2D eigenvalue weighted by Gasteiger charge is -2.18. The second kappa shape index (κ2) is 4.94. The molecule has 2 aromatic rings. The fourth-order valence-electron chi connectivity index (χ4n) is 1.44. The fraction of sp³-hybridized carbons (Fsp3) is 0.273. The minimum atomic E-state index is 0.539. The number of para-hydroxylation sites is 1. The number of hydrogen-bond acceptors (Lipinski definition) is 5. The number of hydrogen-bond donors (Lipinski definition) is 1. The first kappa shape index (κ1) is 10.9. The highest BCUT2D eigenvalue weighted by Crippen LogP contribution is 2.14. The van der Waals surface area contributed by atoms with E-state index in [1.54, 1.807) is 0 Å². The second-order valence-corrected chi connectivity index (χ2v) is 4.63. The van der Waals surface area contributed by atoms with Gasteiger partial charge >= 0.3 is 0 Å². The van der Waals surface area contributed by atoms with Crippen LogP contribution in [-0.2, 0) is 6.42 Å². The number of aromatic nitrogens is 2. The molecule has 84 valence electrons. The van der Waals surface area contributed by atoms with Gasteiger partial charge in [-0.2, -0.15) is 0 Å². The van der Waals surface area contributed by atoms with Crippen molar-refractivity contribution in [3.05, 3.63) is 35.3 Å². The molecule has 0 unspecified atom stereocenters. The van der Waals surface area contributed by atoms with Crippen molar-refractivity contribution in [3.8, 4) is 0 Å². The second-order valence-electron chi connectivity index (χ2n) is 3.54. The zero-order valence-corrected chi connectivity index (χ0v) is 9.94. The zero-order chi connectivity index (χ0) is 11.4. The third kappa shape index (κ3) is 2.70. The van der Waals surface area contributed by atoms with Gasteiger partial charge in [-0.25, -0.2) is 0 Å². The van der Waals surface area contributed by atoms with E-state index in [1.807, 2.05) is 18.2 Å². The van der Waals surface area contributed by atoms with Gasteiger partial charge < -0.3 is 10.6 Å². The third-order valence-corrected chi connectivity index (χ3v) is 3.15. The van der Waals surface area contributed by atoms with E-state index in [9.17, 15) is 0 Å². The van der Waals surface area contributed by atoms with E-state index in [4.69, 9.17) is 5.73 Å². The summed E-state index contributed by atoms with van der Waals surface area (Å²) in [6.07, 6.45) is 0.875. The van der Waals surface area contributed by atoms with Gasteiger partial charge in [0, 0.05) is 25.7 Å². The zero-order valence-electron chi connectivity index (χ0n) is 9.13. The van der Waals surface area contributed by atoms with Crippen molar-refractivity contribution in [1.82, 2.24) is 10.2 Å². The number of nitrogens with two attached hydrogens (primary N) is 1. The molecule has 0 aliphatic rings. The Bertz CT molecular complexity index is 440. The van der Waals surface area contributed by atoms with E-state index < -0.39 is 0 Å². The monoisotopic (exact) mass is 234 g/mol. The van der Waals surface area contributed by atoms with Gasteiger partial charge in [-0.15, -0.1) is 10.2 Å². The van der Waals surface area contributed by atoms with Crippen LogP contribution < -0.4 is 10.6 Å². The molecule has 0 aliphatic carbocycles. The normalized spacial score (nSPS) is 10.3. The first-order valence-corrected chi connectivity index (χ1v) is 5.91. The molecule has 0 radical (unpaired) electrons. The topological polar surface area (TPSA) is 55.0 Å². The number of likely N-dealkylation sites (N-methyl/N-ethyl adjacent to an activating group) is 1. The van der Waals surface area contributed by atoms with Gasteiger partial charge in [-0.1, -0.05) is 29.5 Å². The number of anilines is 2. The standard InChI is InChI=1S/C11H14N4S/c1-15(9-5-3-2-4-6-9)8-7-10-13-14-11(12)16-10/h2-6H,7-8H2,1H3,(H2,12,14). The average molecular weight is 234 g/mol. The van der Waals surface area contributed by atoms with Crippen molar-refractivity contribution in [2.45, 2.75) is 6.42 Å². The lowest BCUT2D eigenvalue weighted by molar-refractivity contribution is 0.852. The quantitative estimate of drug-likeness (QED) is 0.876. The SMILES string of the molecule is CN(CCc1nnc(N)s1)c1ccccc1. The molecule has 16 heavy (non-hydrogen) atoms. The molecule has 0 amide bonds. The van der Waals surface area contributed by atoms with Crippen LogP contribution in [0.25, 0.3) is 0 Å². The van der Waals surface area contributed by atoms with Crippen LogP contribution in [0, 0.1) is 0 Å². The molecule has 5 heteroatoms. The van der Waals surface area contributed by atoms with Crippen molar-refractivity contribution >= 4 is 22.2 Å². The molecule has 0 saturated carbocycles. The summed E-state index contributed by atoms with van der Waals surface area (Å²) in [5.41, 5.74) is 6.74. The molecule has 4 nitrogen and oxygen atoms in total. The van der Waals surface area contributed by atoms with Crippen LogP contribution in [0.15, 0.2) is 30.3 Å². The first-order chi connectivity index (χ1) is 7.75. The van der Waals surface area contributed by atoms with Crippen molar-refractivity contribution in [2.75, 3.05) is 24.2 Å². The highest BCUT2D eigenvalue weighted by molar-refractivity contribution is 7.15. The first-order valence-electron chi connectivity index (χ1n) is 5.10. The molecule has 2 rings (SSSR count). The maximum atomic E-state index is 5.53. The Hall–Kier alpha value is -1.62. The molecule has 1 aromatic heterocycles. The third-order valence-electron chi connectivity index (χ3n) is 2.34. The fourth-order valence-corrected chi connectivity index (χ4v) is 2.04. The molecular formula is C11H14N4S. The van der Waals surface area contributed by atoms with Crippen LogP contribution in [-0.4, -0.2) is 23.8 Å². The Morgan fingerprint density at radius 1 is 1.25 bits per heavy atom. The van der Waals surface area contributed by atoms with Gasteiger partial charge in [0.15, 0.2) is 0 Å². The summed E-state index contributed by atoms with van der Waals surface area (Å²) >= 11 is 1.45. The van der Waals surface area contributed by atoms with Gasteiger partial charge in [0.25, 0.3) is 0 Å². The molecule has 0 fully saturated rings. The smallest absolute Gasteiger partial charge is 0.203 e. The summed E-state index contributed by atoms with van der Waals surface area (Å²) in [5, 5.41) is 9.32. The number of nitrogens with zero attached hydrogens (tertiary/aromatic N) is 3. The van der Waals surface area contributed by atoms with Crippen molar-refractivity contribution in [1.29, 1.82) is 0 Å². The molecular weight excluding hydrogens is 220 g/mol. The Labute approximate surface area is 98.7 Å². The van der Waals surface area contributed by atoms with E-state index in [0.29, 0.717) is 5.13 Å². The van der Waals surface area contributed by atoms with Gasteiger partial charge in [0.2, 0.25) is 5.13 Å². The summed E-state index contributed by atoms with van der Waals surface area (Å²) in [5.74, 6) is 0. The van der Waals surface area contributed by atoms with E-state index in [0.717, 1.165) is 18.0 Å². The molecule has 1 aromatic carbocycles. The van der Waals surface area contributed by atoms with Crippen LogP contribution in [0.2, 0.25) is 0 Å². The van der Waals surface area contributed by atoms with Crippen LogP contribution in [0.5, 0.6) is 0 Å². The van der Waals surface area contributed by atoms with Crippen LogP contribution >= 0.6 is 11.3 Å². The van der Waals surface area contributed by atoms with E-state index in [-0.39, 0.29) is 0 Å². The van der Waals surface area contributed by atoms with E-state index in [1.165, 1.54) is 17.0 Å². The van der Waals surface area contributed by atoms with Crippen LogP contribution in [0.4, 0.5) is 10.8 Å². The highest BCUT2D eigenvalue weighted by atomic mass is 32.1. The van der Waals surface area contributed by atoms with Gasteiger partial charge in [-0.05, 0) is 12.1 Å². The predicted octanol–water partition coefficient (Wildman–Crippen LogP) is 1.80. The maximum absolute atomic E-state index is 5.53. The minimum absolute atomic E-state index is 0.539. The lowest BCUT2D eigenvalue weighted by Crippen LogP contribution is -2.19. The molecule has 2 N–H and O–H groups in total. The van der Waals surface area contributed by atoms with E-state index in [2.05, 4.69) is 34.3 Å². The minimum Gasteiger partial charge on any atom is -0.374 e. The van der Waals surface area contributed by atoms with Gasteiger partial charge in [-0.3, -0.25) is 0 Å². The molecule has 0 aliphatic heterocycles. The van der Waals surface area contributed by atoms with Crippen molar-refractivity contribution in [2.24, 2.45) is 0 Å². The van der Waals surface area contributed by atoms with Gasteiger partial charge in [0.05, 0.1) is 0 Å². The molecule has 0 bridgehead atoms. The number of rotatable bonds is 4. The summed E-state index contributed by atoms with van der Waals surface area (Å²) in [6.45, 7) is 0.915. The molecule has 0 atom stereocenters. The summed E-state index contributed by atoms with van der Waals surface area (Å²) in [4.78, 5) is 2.19. The predicted molar refractivity (Wildman–Crippen MR) is 67.7 cm³/mol. The summed E-state index contributed by atoms with van der Waals surface area (Å²) in [6, 6.07) is 10.3. The number of nitrogen functional groups attached to an aromatic ring is 1. The number of benzene rings is 1. The Morgan fingerprint density at radius 2 is 2.00 bits per heavy atom. The Morgan fingerprint density at radius 3 is 2.62 bits per heavy atom. The van der Waals surface area contributed by atoms with Crippen LogP contribution in [0.3, 0.4) is 0 Å². The Kier molecular flexibility index (Phi) is 3.36. The van der Waals surface area contributed by atoms with Crippen molar-refractivity contribution in [3.63, 3.8) is 0 Å². The summed E-state index contributed by atoms with van der Waals surface area (Å²) in [7, 11) is 2.07. The molecule has 0 saturated heterocycles. The average Bonchev–Trinajstić information content (AvgIpc) is 2.73.